The molecule has 28 heavy (non-hydrogen) atoms. The minimum atomic E-state index is -0.0578. The average molecular weight is 379 g/mol. The molecular weight excluding hydrogens is 348 g/mol. The molecule has 1 amide bonds. The van der Waals surface area contributed by atoms with Gasteiger partial charge in [0.1, 0.15) is 0 Å². The van der Waals surface area contributed by atoms with Crippen molar-refractivity contribution in [1.29, 1.82) is 0 Å². The summed E-state index contributed by atoms with van der Waals surface area (Å²) < 4.78 is 0. The molecule has 0 spiro atoms. The number of amides is 1. The fourth-order valence-electron chi connectivity index (χ4n) is 4.00. The number of nitrogens with one attached hydrogen (secondary N) is 1. The van der Waals surface area contributed by atoms with Gasteiger partial charge >= 0.3 is 0 Å². The fraction of sp³-hybridized carbons (Fsp3) is 0.435. The third-order valence-corrected chi connectivity index (χ3v) is 5.84. The minimum absolute atomic E-state index is 0.0578. The summed E-state index contributed by atoms with van der Waals surface area (Å²) in [5.74, 6) is -0.0578. The maximum absolute atomic E-state index is 12.6. The van der Waals surface area contributed by atoms with Gasteiger partial charge in [-0.2, -0.15) is 0 Å². The van der Waals surface area contributed by atoms with Gasteiger partial charge in [0.15, 0.2) is 0 Å². The van der Waals surface area contributed by atoms with Crippen LogP contribution in [-0.4, -0.2) is 57.1 Å². The number of likely N-dealkylation sites (N-methyl/N-ethyl adjacent to an activating group) is 1. The predicted octanol–water partition coefficient (Wildman–Crippen LogP) is 3.68. The number of rotatable bonds is 4. The van der Waals surface area contributed by atoms with Crippen LogP contribution in [0.2, 0.25) is 0 Å². The Hall–Kier alpha value is -2.53. The summed E-state index contributed by atoms with van der Waals surface area (Å²) in [4.78, 5) is 19.7. The van der Waals surface area contributed by atoms with Gasteiger partial charge in [0.25, 0.3) is 5.91 Å². The Morgan fingerprint density at radius 3 is 1.86 bits per heavy atom. The summed E-state index contributed by atoms with van der Waals surface area (Å²) in [5, 5.41) is 3.02. The molecule has 0 atom stereocenters. The second-order valence-electron chi connectivity index (χ2n) is 7.89. The maximum atomic E-state index is 12.6. The molecule has 0 aliphatic carbocycles. The molecule has 2 aromatic rings. The van der Waals surface area contributed by atoms with E-state index in [2.05, 4.69) is 51.3 Å². The summed E-state index contributed by atoms with van der Waals surface area (Å²) in [6.45, 7) is 6.51. The van der Waals surface area contributed by atoms with Gasteiger partial charge < -0.3 is 20.0 Å². The van der Waals surface area contributed by atoms with Crippen molar-refractivity contribution in [2.45, 2.75) is 19.3 Å². The van der Waals surface area contributed by atoms with Crippen LogP contribution in [0.3, 0.4) is 0 Å². The Labute approximate surface area is 167 Å². The van der Waals surface area contributed by atoms with Crippen LogP contribution < -0.4 is 15.1 Å². The average Bonchev–Trinajstić information content (AvgIpc) is 2.76. The van der Waals surface area contributed by atoms with Gasteiger partial charge in [-0.1, -0.05) is 0 Å². The first-order valence-electron chi connectivity index (χ1n) is 10.4. The minimum Gasteiger partial charge on any atom is -0.372 e. The number of anilines is 3. The number of carbonyl (C=O) groups is 1. The SMILES string of the molecule is CN1CCN(c2ccc(NC(=O)c3ccc(N4CCCCC4)cc3)cc2)CC1. The Balaban J connectivity index is 1.35. The molecule has 2 fully saturated rings. The Bertz CT molecular complexity index is 773. The summed E-state index contributed by atoms with van der Waals surface area (Å²) in [7, 11) is 2.16. The van der Waals surface area contributed by atoms with E-state index in [1.165, 1.54) is 30.6 Å². The van der Waals surface area contributed by atoms with Gasteiger partial charge in [0.05, 0.1) is 0 Å². The highest BCUT2D eigenvalue weighted by molar-refractivity contribution is 6.04. The highest BCUT2D eigenvalue weighted by Gasteiger charge is 2.15. The molecule has 0 saturated carbocycles. The predicted molar refractivity (Wildman–Crippen MR) is 117 cm³/mol. The highest BCUT2D eigenvalue weighted by Crippen LogP contribution is 2.22. The van der Waals surface area contributed by atoms with Gasteiger partial charge in [0, 0.05) is 61.9 Å². The highest BCUT2D eigenvalue weighted by atomic mass is 16.1. The quantitative estimate of drug-likeness (QED) is 0.881. The summed E-state index contributed by atoms with van der Waals surface area (Å²) in [6.07, 6.45) is 3.84. The van der Waals surface area contributed by atoms with Gasteiger partial charge in [-0.25, -0.2) is 0 Å². The second-order valence-corrected chi connectivity index (χ2v) is 7.89. The van der Waals surface area contributed by atoms with Crippen LogP contribution in [0.25, 0.3) is 0 Å². The lowest BCUT2D eigenvalue weighted by Gasteiger charge is -2.34. The van der Waals surface area contributed by atoms with E-state index in [1.807, 2.05) is 24.3 Å². The lowest BCUT2D eigenvalue weighted by molar-refractivity contribution is 0.102. The van der Waals surface area contributed by atoms with Crippen molar-refractivity contribution in [3.8, 4) is 0 Å². The summed E-state index contributed by atoms with van der Waals surface area (Å²) in [5.41, 5.74) is 3.97. The monoisotopic (exact) mass is 378 g/mol. The lowest BCUT2D eigenvalue weighted by atomic mass is 10.1. The van der Waals surface area contributed by atoms with Crippen molar-refractivity contribution in [3.63, 3.8) is 0 Å². The van der Waals surface area contributed by atoms with Crippen molar-refractivity contribution < 1.29 is 4.79 Å². The second kappa shape index (κ2) is 8.65. The zero-order valence-electron chi connectivity index (χ0n) is 16.7. The van der Waals surface area contributed by atoms with E-state index in [1.54, 1.807) is 0 Å². The summed E-state index contributed by atoms with van der Waals surface area (Å²) >= 11 is 0. The van der Waals surface area contributed by atoms with Crippen molar-refractivity contribution in [1.82, 2.24) is 4.90 Å². The molecule has 2 aliphatic heterocycles. The largest absolute Gasteiger partial charge is 0.372 e. The van der Waals surface area contributed by atoms with Crippen molar-refractivity contribution >= 4 is 23.0 Å². The molecule has 2 aromatic carbocycles. The van der Waals surface area contributed by atoms with Gasteiger partial charge in [-0.3, -0.25) is 4.79 Å². The number of piperidine rings is 1. The molecule has 4 rings (SSSR count). The van der Waals surface area contributed by atoms with E-state index in [4.69, 9.17) is 0 Å². The molecule has 1 N–H and O–H groups in total. The van der Waals surface area contributed by atoms with Crippen LogP contribution in [0, 0.1) is 0 Å². The van der Waals surface area contributed by atoms with Gasteiger partial charge in [-0.15, -0.1) is 0 Å². The third-order valence-electron chi connectivity index (χ3n) is 5.84. The first kappa shape index (κ1) is 18.8. The zero-order valence-corrected chi connectivity index (χ0v) is 16.7. The van der Waals surface area contributed by atoms with Gasteiger partial charge in [-0.05, 0) is 74.8 Å². The smallest absolute Gasteiger partial charge is 0.255 e. The van der Waals surface area contributed by atoms with Crippen LogP contribution >= 0.6 is 0 Å². The van der Waals surface area contributed by atoms with Crippen LogP contribution in [0.15, 0.2) is 48.5 Å². The molecule has 0 unspecified atom stereocenters. The molecule has 5 nitrogen and oxygen atoms in total. The zero-order chi connectivity index (χ0) is 19.3. The molecule has 0 radical (unpaired) electrons. The Kier molecular flexibility index (Phi) is 5.81. The topological polar surface area (TPSA) is 38.8 Å². The molecule has 0 aromatic heterocycles. The molecular formula is C23H30N4O. The van der Waals surface area contributed by atoms with E-state index >= 15 is 0 Å². The number of carbonyl (C=O) groups excluding carboxylic acids is 1. The van der Waals surface area contributed by atoms with Crippen molar-refractivity contribution in [2.24, 2.45) is 0 Å². The van der Waals surface area contributed by atoms with Crippen LogP contribution in [0.5, 0.6) is 0 Å². The number of nitrogens with zero attached hydrogens (tertiary/aromatic N) is 3. The molecule has 2 saturated heterocycles. The van der Waals surface area contributed by atoms with E-state index in [0.29, 0.717) is 5.56 Å². The van der Waals surface area contributed by atoms with E-state index in [-0.39, 0.29) is 5.91 Å². The van der Waals surface area contributed by atoms with E-state index in [0.717, 1.165) is 45.0 Å². The van der Waals surface area contributed by atoms with Crippen molar-refractivity contribution in [2.75, 3.05) is 61.4 Å². The van der Waals surface area contributed by atoms with Crippen molar-refractivity contribution in [3.05, 3.63) is 54.1 Å². The first-order chi connectivity index (χ1) is 13.7. The lowest BCUT2D eigenvalue weighted by Crippen LogP contribution is -2.44. The van der Waals surface area contributed by atoms with Gasteiger partial charge in [0.2, 0.25) is 0 Å². The number of benzene rings is 2. The standard InChI is InChI=1S/C23H30N4O/c1-25-15-17-27(18-16-25)22-11-7-20(8-12-22)24-23(28)19-5-9-21(10-6-19)26-13-3-2-4-14-26/h5-12H,2-4,13-18H2,1H3,(H,24,28). The van der Waals surface area contributed by atoms with Crippen LogP contribution in [-0.2, 0) is 0 Å². The Morgan fingerprint density at radius 2 is 1.25 bits per heavy atom. The molecule has 2 aliphatic rings. The summed E-state index contributed by atoms with van der Waals surface area (Å²) in [6, 6.07) is 16.2. The molecule has 5 heteroatoms. The number of piperazine rings is 1. The fourth-order valence-corrected chi connectivity index (χ4v) is 4.00. The molecule has 2 heterocycles. The number of hydrogen-bond donors (Lipinski definition) is 1. The number of hydrogen-bond acceptors (Lipinski definition) is 4. The normalized spacial score (nSPS) is 18.2. The Morgan fingerprint density at radius 1 is 0.714 bits per heavy atom. The van der Waals surface area contributed by atoms with E-state index < -0.39 is 0 Å². The third kappa shape index (κ3) is 4.47. The van der Waals surface area contributed by atoms with Crippen LogP contribution in [0.1, 0.15) is 29.6 Å². The van der Waals surface area contributed by atoms with E-state index in [9.17, 15) is 4.79 Å². The first-order valence-corrected chi connectivity index (χ1v) is 10.4. The maximum Gasteiger partial charge on any atom is 0.255 e. The molecule has 0 bridgehead atoms. The molecule has 148 valence electrons. The van der Waals surface area contributed by atoms with Crippen LogP contribution in [0.4, 0.5) is 17.1 Å².